The fourth-order valence-corrected chi connectivity index (χ4v) is 5.32. The number of rotatable bonds is 3. The number of anilines is 1. The van der Waals surface area contributed by atoms with E-state index in [1.165, 1.54) is 0 Å². The summed E-state index contributed by atoms with van der Waals surface area (Å²) in [5.74, 6) is 1.83. The summed E-state index contributed by atoms with van der Waals surface area (Å²) in [5.41, 5.74) is 4.00. The third kappa shape index (κ3) is 3.96. The highest BCUT2D eigenvalue weighted by Crippen LogP contribution is 2.37. The molecule has 5 rings (SSSR count). The fraction of sp³-hybridized carbons (Fsp3) is 0.565. The van der Waals surface area contributed by atoms with E-state index in [0.717, 1.165) is 61.1 Å². The van der Waals surface area contributed by atoms with Crippen molar-refractivity contribution < 1.29 is 4.79 Å². The molecule has 0 aromatic carbocycles. The summed E-state index contributed by atoms with van der Waals surface area (Å²) in [6.07, 6.45) is 3.43. The third-order valence-electron chi connectivity index (χ3n) is 6.83. The molecule has 2 aromatic heterocycles. The van der Waals surface area contributed by atoms with E-state index in [1.54, 1.807) is 0 Å². The first-order valence-corrected chi connectivity index (χ1v) is 11.2. The van der Waals surface area contributed by atoms with E-state index in [-0.39, 0.29) is 11.5 Å². The van der Waals surface area contributed by atoms with Crippen molar-refractivity contribution in [2.45, 2.75) is 45.7 Å². The zero-order chi connectivity index (χ0) is 21.5. The number of carbonyl (C=O) groups is 1. The Hall–Kier alpha value is -2.74. The molecule has 2 atom stereocenters. The normalized spacial score (nSPS) is 23.8. The Labute approximate surface area is 182 Å². The van der Waals surface area contributed by atoms with Gasteiger partial charge in [0.1, 0.15) is 5.82 Å². The average molecular weight is 423 g/mol. The van der Waals surface area contributed by atoms with Gasteiger partial charge in [-0.1, -0.05) is 6.07 Å². The standard InChI is InChI=1S/C23H30N6O2/c1-15-10-25-16(2)22(26-15)28-11-17-9-19(14-28)20-4-3-18(23(31)29(20)12-17)13-27-7-5-21(30)24-6-8-27/h3-4,10,17,19H,5-9,11-14H2,1-2H3,(H,24,30)/t17-,19+/m0/s1. The molecule has 164 valence electrons. The topological polar surface area (TPSA) is 83.4 Å². The van der Waals surface area contributed by atoms with E-state index in [4.69, 9.17) is 4.98 Å². The van der Waals surface area contributed by atoms with Crippen molar-refractivity contribution in [3.05, 3.63) is 51.3 Å². The molecular weight excluding hydrogens is 392 g/mol. The van der Waals surface area contributed by atoms with Gasteiger partial charge in [-0.2, -0.15) is 0 Å². The first kappa shape index (κ1) is 20.2. The monoisotopic (exact) mass is 422 g/mol. The van der Waals surface area contributed by atoms with Gasteiger partial charge in [-0.3, -0.25) is 19.5 Å². The van der Waals surface area contributed by atoms with Crippen molar-refractivity contribution in [2.75, 3.05) is 37.6 Å². The molecule has 1 amide bonds. The van der Waals surface area contributed by atoms with Crippen molar-refractivity contribution in [1.29, 1.82) is 0 Å². The maximum atomic E-state index is 13.3. The van der Waals surface area contributed by atoms with Crippen LogP contribution in [0.1, 0.15) is 41.4 Å². The maximum Gasteiger partial charge on any atom is 0.255 e. The van der Waals surface area contributed by atoms with Crippen LogP contribution in [0.5, 0.6) is 0 Å². The van der Waals surface area contributed by atoms with Crippen LogP contribution in [0.15, 0.2) is 23.1 Å². The summed E-state index contributed by atoms with van der Waals surface area (Å²) in [7, 11) is 0. The van der Waals surface area contributed by atoms with Crippen LogP contribution in [-0.2, 0) is 17.9 Å². The van der Waals surface area contributed by atoms with E-state index in [1.807, 2.05) is 30.7 Å². The van der Waals surface area contributed by atoms with Crippen LogP contribution < -0.4 is 15.8 Å². The molecule has 0 saturated carbocycles. The minimum absolute atomic E-state index is 0.0931. The number of pyridine rings is 1. The van der Waals surface area contributed by atoms with Crippen LogP contribution in [0.2, 0.25) is 0 Å². The van der Waals surface area contributed by atoms with E-state index in [0.29, 0.717) is 37.9 Å². The molecule has 8 nitrogen and oxygen atoms in total. The molecule has 0 aliphatic carbocycles. The summed E-state index contributed by atoms with van der Waals surface area (Å²) >= 11 is 0. The number of piperidine rings is 1. The maximum absolute atomic E-state index is 13.3. The molecule has 2 aromatic rings. The first-order valence-electron chi connectivity index (χ1n) is 11.2. The van der Waals surface area contributed by atoms with Gasteiger partial charge in [0, 0.05) is 75.6 Å². The van der Waals surface area contributed by atoms with Crippen LogP contribution in [0.4, 0.5) is 5.82 Å². The highest BCUT2D eigenvalue weighted by atomic mass is 16.1. The third-order valence-corrected chi connectivity index (χ3v) is 6.83. The molecule has 0 spiro atoms. The quantitative estimate of drug-likeness (QED) is 0.800. The lowest BCUT2D eigenvalue weighted by atomic mass is 9.83. The predicted octanol–water partition coefficient (Wildman–Crippen LogP) is 1.20. The number of hydrogen-bond acceptors (Lipinski definition) is 6. The smallest absolute Gasteiger partial charge is 0.255 e. The van der Waals surface area contributed by atoms with Crippen LogP contribution in [0.25, 0.3) is 0 Å². The van der Waals surface area contributed by atoms with E-state index < -0.39 is 0 Å². The molecule has 0 unspecified atom stereocenters. The van der Waals surface area contributed by atoms with E-state index in [9.17, 15) is 9.59 Å². The molecule has 8 heteroatoms. The van der Waals surface area contributed by atoms with Crippen molar-refractivity contribution in [2.24, 2.45) is 5.92 Å². The summed E-state index contributed by atoms with van der Waals surface area (Å²) in [5, 5.41) is 2.90. The van der Waals surface area contributed by atoms with Crippen LogP contribution >= 0.6 is 0 Å². The fourth-order valence-electron chi connectivity index (χ4n) is 5.32. The molecule has 3 aliphatic rings. The van der Waals surface area contributed by atoms with Gasteiger partial charge in [0.15, 0.2) is 0 Å². The molecule has 2 fully saturated rings. The van der Waals surface area contributed by atoms with Gasteiger partial charge in [0.2, 0.25) is 5.91 Å². The number of fused-ring (bicyclic) bond motifs is 4. The lowest BCUT2D eigenvalue weighted by Gasteiger charge is -2.43. The number of hydrogen-bond donors (Lipinski definition) is 1. The Kier molecular flexibility index (Phi) is 5.25. The molecule has 2 bridgehead atoms. The highest BCUT2D eigenvalue weighted by Gasteiger charge is 2.36. The van der Waals surface area contributed by atoms with Gasteiger partial charge in [0.05, 0.1) is 11.4 Å². The van der Waals surface area contributed by atoms with Crippen LogP contribution in [0.3, 0.4) is 0 Å². The number of aromatic nitrogens is 3. The van der Waals surface area contributed by atoms with Crippen molar-refractivity contribution in [1.82, 2.24) is 24.8 Å². The molecule has 5 heterocycles. The Morgan fingerprint density at radius 2 is 2.00 bits per heavy atom. The van der Waals surface area contributed by atoms with Crippen LogP contribution in [-0.4, -0.2) is 58.1 Å². The van der Waals surface area contributed by atoms with Gasteiger partial charge < -0.3 is 14.8 Å². The Balaban J connectivity index is 1.38. The average Bonchev–Trinajstić information content (AvgIpc) is 2.96. The van der Waals surface area contributed by atoms with Gasteiger partial charge in [-0.25, -0.2) is 4.98 Å². The Morgan fingerprint density at radius 1 is 1.13 bits per heavy atom. The van der Waals surface area contributed by atoms with E-state index >= 15 is 0 Å². The van der Waals surface area contributed by atoms with Gasteiger partial charge >= 0.3 is 0 Å². The number of nitrogens with one attached hydrogen (secondary N) is 1. The lowest BCUT2D eigenvalue weighted by molar-refractivity contribution is -0.120. The number of aryl methyl sites for hydroxylation is 2. The van der Waals surface area contributed by atoms with Crippen molar-refractivity contribution in [3.63, 3.8) is 0 Å². The molecule has 0 radical (unpaired) electrons. The molecule has 3 aliphatic heterocycles. The Morgan fingerprint density at radius 3 is 2.87 bits per heavy atom. The predicted molar refractivity (Wildman–Crippen MR) is 118 cm³/mol. The zero-order valence-electron chi connectivity index (χ0n) is 18.3. The molecule has 1 N–H and O–H groups in total. The van der Waals surface area contributed by atoms with Crippen molar-refractivity contribution in [3.8, 4) is 0 Å². The van der Waals surface area contributed by atoms with Crippen molar-refractivity contribution >= 4 is 11.7 Å². The van der Waals surface area contributed by atoms with Gasteiger partial charge in [0.25, 0.3) is 5.56 Å². The lowest BCUT2D eigenvalue weighted by Crippen LogP contribution is -2.48. The SMILES string of the molecule is Cc1cnc(C)c(N2C[C@@H]3C[C@H](C2)c2ccc(CN4CCNC(=O)CC4)c(=O)n2C3)n1. The van der Waals surface area contributed by atoms with Crippen LogP contribution in [0, 0.1) is 19.8 Å². The minimum atomic E-state index is 0.0931. The number of carbonyl (C=O) groups excluding carboxylic acids is 1. The first-order chi connectivity index (χ1) is 15.0. The Bertz CT molecular complexity index is 1060. The zero-order valence-corrected chi connectivity index (χ0v) is 18.3. The largest absolute Gasteiger partial charge is 0.355 e. The minimum Gasteiger partial charge on any atom is -0.355 e. The highest BCUT2D eigenvalue weighted by molar-refractivity contribution is 5.76. The number of amides is 1. The number of nitrogens with zero attached hydrogens (tertiary/aromatic N) is 5. The van der Waals surface area contributed by atoms with E-state index in [2.05, 4.69) is 26.2 Å². The summed E-state index contributed by atoms with van der Waals surface area (Å²) in [4.78, 5) is 38.7. The molecular formula is C23H30N6O2. The second-order valence-corrected chi connectivity index (χ2v) is 9.20. The summed E-state index contributed by atoms with van der Waals surface area (Å²) in [6, 6.07) is 4.16. The second kappa shape index (κ2) is 8.07. The molecule has 2 saturated heterocycles. The molecule has 31 heavy (non-hydrogen) atoms. The second-order valence-electron chi connectivity index (χ2n) is 9.20. The summed E-state index contributed by atoms with van der Waals surface area (Å²) in [6.45, 7) is 9.26. The summed E-state index contributed by atoms with van der Waals surface area (Å²) < 4.78 is 2.02. The van der Waals surface area contributed by atoms with Gasteiger partial charge in [-0.15, -0.1) is 0 Å². The van der Waals surface area contributed by atoms with Gasteiger partial charge in [-0.05, 0) is 32.3 Å².